The van der Waals surface area contributed by atoms with E-state index in [4.69, 9.17) is 11.5 Å². The van der Waals surface area contributed by atoms with Crippen LogP contribution in [0.4, 0.5) is 0 Å². The molecule has 1 rings (SSSR count). The first-order chi connectivity index (χ1) is 14.1. The number of primary amides is 1. The molecular formula is C18H25N5O6S. The number of aliphatic carboxylic acids is 1. The predicted molar refractivity (Wildman–Crippen MR) is 110 cm³/mol. The van der Waals surface area contributed by atoms with Gasteiger partial charge in [-0.25, -0.2) is 4.79 Å². The molecule has 12 heteroatoms. The van der Waals surface area contributed by atoms with Gasteiger partial charge in [-0.15, -0.1) is 0 Å². The number of nitrogens with one attached hydrogen (secondary N) is 3. The minimum absolute atomic E-state index is 0.00315. The SMILES string of the molecule is NC(=O)CC(NC(=O)CNC(=O)C(N)CS)C(=O)NC(Cc1ccccc1)C(=O)O. The van der Waals surface area contributed by atoms with Crippen molar-refractivity contribution >= 4 is 42.2 Å². The summed E-state index contributed by atoms with van der Waals surface area (Å²) in [5.41, 5.74) is 11.3. The van der Waals surface area contributed by atoms with Crippen LogP contribution < -0.4 is 27.4 Å². The maximum absolute atomic E-state index is 12.5. The zero-order valence-corrected chi connectivity index (χ0v) is 16.9. The standard InChI is InChI=1S/C18H25N5O6S/c19-11(9-30)16(26)21-8-15(25)22-12(7-14(20)24)17(27)23-13(18(28)29)6-10-4-2-1-3-5-10/h1-5,11-13,30H,6-9,19H2,(H2,20,24)(H,21,26)(H,22,25)(H,23,27)(H,28,29). The first-order valence-corrected chi connectivity index (χ1v) is 9.56. The van der Waals surface area contributed by atoms with Crippen molar-refractivity contribution in [1.82, 2.24) is 16.0 Å². The average molecular weight is 439 g/mol. The second-order valence-corrected chi connectivity index (χ2v) is 6.75. The molecule has 0 radical (unpaired) electrons. The third-order valence-corrected chi connectivity index (χ3v) is 4.30. The van der Waals surface area contributed by atoms with E-state index < -0.39 is 60.7 Å². The van der Waals surface area contributed by atoms with Crippen molar-refractivity contribution in [3.05, 3.63) is 35.9 Å². The Morgan fingerprint density at radius 3 is 2.17 bits per heavy atom. The van der Waals surface area contributed by atoms with Gasteiger partial charge in [-0.3, -0.25) is 19.2 Å². The summed E-state index contributed by atoms with van der Waals surface area (Å²) in [5, 5.41) is 16.2. The minimum Gasteiger partial charge on any atom is -0.480 e. The highest BCUT2D eigenvalue weighted by Crippen LogP contribution is 2.04. The van der Waals surface area contributed by atoms with Gasteiger partial charge in [0.15, 0.2) is 0 Å². The van der Waals surface area contributed by atoms with Crippen LogP contribution in [-0.2, 0) is 30.4 Å². The monoisotopic (exact) mass is 439 g/mol. The zero-order chi connectivity index (χ0) is 22.7. The summed E-state index contributed by atoms with van der Waals surface area (Å²) in [6.45, 7) is -0.505. The number of carboxylic acid groups (broad SMARTS) is 1. The van der Waals surface area contributed by atoms with Gasteiger partial charge in [-0.2, -0.15) is 12.6 Å². The molecule has 0 spiro atoms. The molecule has 3 atom stereocenters. The third kappa shape index (κ3) is 8.92. The summed E-state index contributed by atoms with van der Waals surface area (Å²) in [4.78, 5) is 58.9. The van der Waals surface area contributed by atoms with Gasteiger partial charge in [0.2, 0.25) is 23.6 Å². The number of amides is 4. The normalized spacial score (nSPS) is 13.4. The number of hydrogen-bond acceptors (Lipinski definition) is 7. The lowest BCUT2D eigenvalue weighted by Gasteiger charge is -2.21. The fourth-order valence-electron chi connectivity index (χ4n) is 2.36. The number of carboxylic acids is 1. The molecule has 8 N–H and O–H groups in total. The lowest BCUT2D eigenvalue weighted by molar-refractivity contribution is -0.142. The fourth-order valence-corrected chi connectivity index (χ4v) is 2.53. The molecular weight excluding hydrogens is 414 g/mol. The number of nitrogens with two attached hydrogens (primary N) is 2. The van der Waals surface area contributed by atoms with Crippen molar-refractivity contribution in [3.63, 3.8) is 0 Å². The van der Waals surface area contributed by atoms with Crippen LogP contribution in [0.25, 0.3) is 0 Å². The fraction of sp³-hybridized carbons (Fsp3) is 0.389. The maximum Gasteiger partial charge on any atom is 0.326 e. The lowest BCUT2D eigenvalue weighted by Crippen LogP contribution is -2.55. The number of thiol groups is 1. The Morgan fingerprint density at radius 2 is 1.63 bits per heavy atom. The predicted octanol–water partition coefficient (Wildman–Crippen LogP) is -2.47. The van der Waals surface area contributed by atoms with E-state index in [0.717, 1.165) is 0 Å². The van der Waals surface area contributed by atoms with E-state index in [1.807, 2.05) is 0 Å². The molecule has 0 saturated heterocycles. The summed E-state index contributed by atoms with van der Waals surface area (Å²) in [6.07, 6.45) is -0.559. The Hall–Kier alpha value is -3.12. The van der Waals surface area contributed by atoms with Gasteiger partial charge >= 0.3 is 5.97 Å². The molecule has 0 aliphatic rings. The summed E-state index contributed by atoms with van der Waals surface area (Å²) < 4.78 is 0. The highest BCUT2D eigenvalue weighted by Gasteiger charge is 2.28. The minimum atomic E-state index is -1.41. The van der Waals surface area contributed by atoms with Crippen molar-refractivity contribution < 1.29 is 29.1 Å². The lowest BCUT2D eigenvalue weighted by atomic mass is 10.1. The van der Waals surface area contributed by atoms with E-state index in [1.54, 1.807) is 30.3 Å². The molecule has 11 nitrogen and oxygen atoms in total. The Kier molecular flexibility index (Phi) is 10.3. The molecule has 4 amide bonds. The Morgan fingerprint density at radius 1 is 1.00 bits per heavy atom. The average Bonchev–Trinajstić information content (AvgIpc) is 2.70. The number of carbonyl (C=O) groups excluding carboxylic acids is 4. The molecule has 0 heterocycles. The maximum atomic E-state index is 12.5. The van der Waals surface area contributed by atoms with Gasteiger partial charge in [0.25, 0.3) is 0 Å². The van der Waals surface area contributed by atoms with Crippen molar-refractivity contribution in [2.75, 3.05) is 12.3 Å². The zero-order valence-electron chi connectivity index (χ0n) is 16.0. The first kappa shape index (κ1) is 24.9. The van der Waals surface area contributed by atoms with E-state index in [-0.39, 0.29) is 12.2 Å². The van der Waals surface area contributed by atoms with Crippen molar-refractivity contribution in [1.29, 1.82) is 0 Å². The van der Waals surface area contributed by atoms with Crippen molar-refractivity contribution in [2.45, 2.75) is 31.0 Å². The van der Waals surface area contributed by atoms with E-state index in [1.165, 1.54) is 0 Å². The highest BCUT2D eigenvalue weighted by atomic mass is 32.1. The summed E-state index contributed by atoms with van der Waals surface area (Å²) in [5.74, 6) is -4.41. The first-order valence-electron chi connectivity index (χ1n) is 8.93. The highest BCUT2D eigenvalue weighted by molar-refractivity contribution is 7.80. The Labute approximate surface area is 178 Å². The van der Waals surface area contributed by atoms with Crippen LogP contribution in [0, 0.1) is 0 Å². The van der Waals surface area contributed by atoms with Gasteiger partial charge in [-0.1, -0.05) is 30.3 Å². The largest absolute Gasteiger partial charge is 0.480 e. The molecule has 3 unspecified atom stereocenters. The molecule has 0 bridgehead atoms. The molecule has 0 saturated carbocycles. The molecule has 1 aromatic carbocycles. The van der Waals surface area contributed by atoms with Crippen LogP contribution >= 0.6 is 12.6 Å². The van der Waals surface area contributed by atoms with Gasteiger partial charge in [0, 0.05) is 12.2 Å². The number of hydrogen-bond donors (Lipinski definition) is 7. The molecule has 0 aliphatic carbocycles. The van der Waals surface area contributed by atoms with Gasteiger partial charge < -0.3 is 32.5 Å². The van der Waals surface area contributed by atoms with Crippen LogP contribution in [0.2, 0.25) is 0 Å². The molecule has 1 aromatic rings. The molecule has 30 heavy (non-hydrogen) atoms. The number of rotatable bonds is 12. The molecule has 0 fully saturated rings. The summed E-state index contributed by atoms with van der Waals surface area (Å²) in [7, 11) is 0. The number of benzene rings is 1. The Bertz CT molecular complexity index is 776. The van der Waals surface area contributed by atoms with Crippen molar-refractivity contribution in [3.8, 4) is 0 Å². The van der Waals surface area contributed by atoms with Gasteiger partial charge in [0.1, 0.15) is 12.1 Å². The van der Waals surface area contributed by atoms with Crippen LogP contribution in [0.5, 0.6) is 0 Å². The van der Waals surface area contributed by atoms with E-state index >= 15 is 0 Å². The van der Waals surface area contributed by atoms with Crippen molar-refractivity contribution in [2.24, 2.45) is 11.5 Å². The third-order valence-electron chi connectivity index (χ3n) is 3.91. The molecule has 164 valence electrons. The smallest absolute Gasteiger partial charge is 0.326 e. The molecule has 0 aromatic heterocycles. The summed E-state index contributed by atoms with van der Waals surface area (Å²) >= 11 is 3.86. The van der Waals surface area contributed by atoms with Crippen LogP contribution in [0.15, 0.2) is 30.3 Å². The molecule has 0 aliphatic heterocycles. The quantitative estimate of drug-likeness (QED) is 0.175. The van der Waals surface area contributed by atoms with Crippen LogP contribution in [0.1, 0.15) is 12.0 Å². The van der Waals surface area contributed by atoms with E-state index in [0.29, 0.717) is 5.56 Å². The van der Waals surface area contributed by atoms with E-state index in [2.05, 4.69) is 28.6 Å². The second kappa shape index (κ2) is 12.4. The van der Waals surface area contributed by atoms with Gasteiger partial charge in [-0.05, 0) is 5.56 Å². The van der Waals surface area contributed by atoms with E-state index in [9.17, 15) is 29.1 Å². The number of carbonyl (C=O) groups is 5. The van der Waals surface area contributed by atoms with Gasteiger partial charge in [0.05, 0.1) is 19.0 Å². The van der Waals surface area contributed by atoms with Crippen LogP contribution in [0.3, 0.4) is 0 Å². The second-order valence-electron chi connectivity index (χ2n) is 6.39. The van der Waals surface area contributed by atoms with Crippen LogP contribution in [-0.4, -0.2) is 65.1 Å². The topological polar surface area (TPSA) is 194 Å². The Balaban J connectivity index is 2.76. The summed E-state index contributed by atoms with van der Waals surface area (Å²) in [6, 6.07) is 4.98.